The number of rotatable bonds is 5. The Bertz CT molecular complexity index is 397. The van der Waals surface area contributed by atoms with Crippen LogP contribution in [0.15, 0.2) is 18.5 Å². The highest BCUT2D eigenvalue weighted by Crippen LogP contribution is 2.23. The predicted octanol–water partition coefficient (Wildman–Crippen LogP) is -0.0344. The van der Waals surface area contributed by atoms with Crippen LogP contribution in [0.3, 0.4) is 0 Å². The SMILES string of the molecule is [B]c1cncc(C(N)(CCCC)C(=O)NC)c1. The minimum absolute atomic E-state index is 0.210. The van der Waals surface area contributed by atoms with Gasteiger partial charge in [-0.25, -0.2) is 0 Å². The average molecular weight is 231 g/mol. The second kappa shape index (κ2) is 5.82. The van der Waals surface area contributed by atoms with Gasteiger partial charge in [-0.05, 0) is 12.0 Å². The average Bonchev–Trinajstić information content (AvgIpc) is 2.34. The standard InChI is InChI=1S/C12H18BN3O/c1-3-4-5-12(14,11(17)15-2)9-6-10(13)8-16-7-9/h6-8H,3-5,14H2,1-2H3,(H,15,17). The number of aromatic nitrogens is 1. The quantitative estimate of drug-likeness (QED) is 0.699. The lowest BCUT2D eigenvalue weighted by molar-refractivity contribution is -0.126. The third-order valence-electron chi connectivity index (χ3n) is 2.83. The van der Waals surface area contributed by atoms with E-state index in [1.807, 2.05) is 0 Å². The maximum atomic E-state index is 11.9. The van der Waals surface area contributed by atoms with Crippen molar-refractivity contribution in [2.75, 3.05) is 7.05 Å². The first-order valence-corrected chi connectivity index (χ1v) is 5.76. The summed E-state index contributed by atoms with van der Waals surface area (Å²) in [6.45, 7) is 2.06. The minimum Gasteiger partial charge on any atom is -0.357 e. The van der Waals surface area contributed by atoms with Gasteiger partial charge in [-0.2, -0.15) is 0 Å². The van der Waals surface area contributed by atoms with E-state index in [2.05, 4.69) is 17.2 Å². The number of amides is 1. The Balaban J connectivity index is 3.09. The number of likely N-dealkylation sites (N-methyl/N-ethyl adjacent to an activating group) is 1. The van der Waals surface area contributed by atoms with Crippen LogP contribution in [0.1, 0.15) is 31.7 Å². The molecule has 2 radical (unpaired) electrons. The van der Waals surface area contributed by atoms with Gasteiger partial charge in [0.15, 0.2) is 0 Å². The first-order chi connectivity index (χ1) is 8.04. The van der Waals surface area contributed by atoms with Gasteiger partial charge in [-0.3, -0.25) is 9.78 Å². The highest BCUT2D eigenvalue weighted by Gasteiger charge is 2.34. The number of hydrogen-bond donors (Lipinski definition) is 2. The van der Waals surface area contributed by atoms with Crippen LogP contribution in [-0.4, -0.2) is 25.8 Å². The summed E-state index contributed by atoms with van der Waals surface area (Å²) < 4.78 is 0. The van der Waals surface area contributed by atoms with Gasteiger partial charge < -0.3 is 11.1 Å². The van der Waals surface area contributed by atoms with Gasteiger partial charge in [0.2, 0.25) is 5.91 Å². The summed E-state index contributed by atoms with van der Waals surface area (Å²) in [5.74, 6) is -0.210. The molecule has 90 valence electrons. The molecule has 1 unspecified atom stereocenters. The number of hydrogen-bond acceptors (Lipinski definition) is 3. The van der Waals surface area contributed by atoms with E-state index in [0.717, 1.165) is 12.8 Å². The van der Waals surface area contributed by atoms with Crippen molar-refractivity contribution in [1.82, 2.24) is 10.3 Å². The monoisotopic (exact) mass is 231 g/mol. The lowest BCUT2D eigenvalue weighted by Crippen LogP contribution is -2.50. The first-order valence-electron chi connectivity index (χ1n) is 5.76. The molecule has 0 aliphatic carbocycles. The second-order valence-electron chi connectivity index (χ2n) is 4.16. The summed E-state index contributed by atoms with van der Waals surface area (Å²) in [7, 11) is 7.25. The van der Waals surface area contributed by atoms with Crippen molar-refractivity contribution in [3.63, 3.8) is 0 Å². The van der Waals surface area contributed by atoms with Crippen LogP contribution >= 0.6 is 0 Å². The third-order valence-corrected chi connectivity index (χ3v) is 2.83. The van der Waals surface area contributed by atoms with Crippen LogP contribution in [-0.2, 0) is 10.3 Å². The Morgan fingerprint density at radius 1 is 1.59 bits per heavy atom. The molecular formula is C12H18BN3O. The van der Waals surface area contributed by atoms with Gasteiger partial charge in [0.25, 0.3) is 0 Å². The van der Waals surface area contributed by atoms with Crippen LogP contribution in [0.25, 0.3) is 0 Å². The Morgan fingerprint density at radius 2 is 2.29 bits per heavy atom. The van der Waals surface area contributed by atoms with Gasteiger partial charge in [0.1, 0.15) is 13.4 Å². The van der Waals surface area contributed by atoms with E-state index in [1.54, 1.807) is 19.3 Å². The van der Waals surface area contributed by atoms with Crippen LogP contribution in [0.5, 0.6) is 0 Å². The summed E-state index contributed by atoms with van der Waals surface area (Å²) in [6, 6.07) is 1.71. The molecule has 4 nitrogen and oxygen atoms in total. The zero-order valence-electron chi connectivity index (χ0n) is 10.4. The van der Waals surface area contributed by atoms with Crippen LogP contribution in [0, 0.1) is 0 Å². The second-order valence-corrected chi connectivity index (χ2v) is 4.16. The molecule has 17 heavy (non-hydrogen) atoms. The maximum Gasteiger partial charge on any atom is 0.244 e. The van der Waals surface area contributed by atoms with Gasteiger partial charge in [0.05, 0.1) is 0 Å². The summed E-state index contributed by atoms with van der Waals surface area (Å²) in [5.41, 5.74) is 6.34. The van der Waals surface area contributed by atoms with Crippen molar-refractivity contribution in [1.29, 1.82) is 0 Å². The van der Waals surface area contributed by atoms with Crippen molar-refractivity contribution in [3.05, 3.63) is 24.0 Å². The van der Waals surface area contributed by atoms with Crippen molar-refractivity contribution in [2.24, 2.45) is 5.73 Å². The normalized spacial score (nSPS) is 14.1. The minimum atomic E-state index is -1.05. The summed E-state index contributed by atoms with van der Waals surface area (Å²) in [4.78, 5) is 15.9. The predicted molar refractivity (Wildman–Crippen MR) is 69.1 cm³/mol. The first kappa shape index (κ1) is 13.7. The van der Waals surface area contributed by atoms with Gasteiger partial charge in [0, 0.05) is 19.4 Å². The lowest BCUT2D eigenvalue weighted by atomic mass is 9.83. The Hall–Kier alpha value is -1.36. The molecule has 0 aliphatic rings. The molecule has 1 amide bonds. The molecule has 0 bridgehead atoms. The fourth-order valence-electron chi connectivity index (χ4n) is 1.77. The smallest absolute Gasteiger partial charge is 0.244 e. The van der Waals surface area contributed by atoms with Crippen molar-refractivity contribution in [2.45, 2.75) is 31.7 Å². The molecule has 5 heteroatoms. The van der Waals surface area contributed by atoms with Crippen molar-refractivity contribution < 1.29 is 4.79 Å². The maximum absolute atomic E-state index is 11.9. The zero-order valence-corrected chi connectivity index (χ0v) is 10.4. The number of nitrogens with zero attached hydrogens (tertiary/aromatic N) is 1. The largest absolute Gasteiger partial charge is 0.357 e. The molecule has 1 aromatic heterocycles. The van der Waals surface area contributed by atoms with Crippen molar-refractivity contribution >= 4 is 19.2 Å². The van der Waals surface area contributed by atoms with E-state index in [1.165, 1.54) is 6.20 Å². The molecule has 0 saturated heterocycles. The van der Waals surface area contributed by atoms with E-state index in [0.29, 0.717) is 17.4 Å². The molecule has 1 aromatic rings. The molecular weight excluding hydrogens is 213 g/mol. The number of nitrogens with one attached hydrogen (secondary N) is 1. The van der Waals surface area contributed by atoms with Gasteiger partial charge >= 0.3 is 0 Å². The fourth-order valence-corrected chi connectivity index (χ4v) is 1.77. The Labute approximate surface area is 103 Å². The van der Waals surface area contributed by atoms with Gasteiger partial charge in [-0.1, -0.05) is 31.3 Å². The number of carbonyl (C=O) groups excluding carboxylic acids is 1. The van der Waals surface area contributed by atoms with Gasteiger partial charge in [-0.15, -0.1) is 0 Å². The third kappa shape index (κ3) is 3.06. The number of nitrogens with two attached hydrogens (primary N) is 1. The molecule has 0 spiro atoms. The summed E-state index contributed by atoms with van der Waals surface area (Å²) >= 11 is 0. The fraction of sp³-hybridized carbons (Fsp3) is 0.500. The number of carbonyl (C=O) groups is 1. The molecule has 3 N–H and O–H groups in total. The van der Waals surface area contributed by atoms with Crippen molar-refractivity contribution in [3.8, 4) is 0 Å². The molecule has 1 rings (SSSR count). The molecule has 0 aromatic carbocycles. The van der Waals surface area contributed by atoms with E-state index in [-0.39, 0.29) is 5.91 Å². The lowest BCUT2D eigenvalue weighted by Gasteiger charge is -2.28. The molecule has 1 atom stereocenters. The molecule has 1 heterocycles. The van der Waals surface area contributed by atoms with E-state index in [9.17, 15) is 4.79 Å². The number of pyridine rings is 1. The van der Waals surface area contributed by atoms with E-state index >= 15 is 0 Å². The molecule has 0 fully saturated rings. The summed E-state index contributed by atoms with van der Waals surface area (Å²) in [5, 5.41) is 2.60. The zero-order chi connectivity index (χ0) is 12.9. The topological polar surface area (TPSA) is 68.0 Å². The Morgan fingerprint density at radius 3 is 2.82 bits per heavy atom. The van der Waals surface area contributed by atoms with Crippen LogP contribution < -0.4 is 16.5 Å². The molecule has 0 saturated carbocycles. The Kier molecular flexibility index (Phi) is 4.69. The van der Waals surface area contributed by atoms with E-state index in [4.69, 9.17) is 13.6 Å². The summed E-state index contributed by atoms with van der Waals surface area (Å²) in [6.07, 6.45) is 5.56. The van der Waals surface area contributed by atoms with E-state index < -0.39 is 5.54 Å². The molecule has 0 aliphatic heterocycles. The highest BCUT2D eigenvalue weighted by atomic mass is 16.2. The number of unbranched alkanes of at least 4 members (excludes halogenated alkanes) is 1. The van der Waals surface area contributed by atoms with Crippen LogP contribution in [0.2, 0.25) is 0 Å². The highest BCUT2D eigenvalue weighted by molar-refractivity contribution is 6.32. The van der Waals surface area contributed by atoms with Crippen LogP contribution in [0.4, 0.5) is 0 Å².